The van der Waals surface area contributed by atoms with E-state index in [1.165, 1.54) is 12.1 Å². The third-order valence-electron chi connectivity index (χ3n) is 6.58. The molecule has 1 aliphatic rings. The number of fused-ring (bicyclic) bond motifs is 1. The molecule has 3 aromatic carbocycles. The van der Waals surface area contributed by atoms with Crippen molar-refractivity contribution < 1.29 is 17.9 Å². The minimum absolute atomic E-state index is 0.172. The Morgan fingerprint density at radius 1 is 1.00 bits per heavy atom. The molecule has 0 aromatic heterocycles. The summed E-state index contributed by atoms with van der Waals surface area (Å²) in [6, 6.07) is 20.8. The van der Waals surface area contributed by atoms with Crippen LogP contribution < -0.4 is 14.8 Å². The molecule has 0 bridgehead atoms. The largest absolute Gasteiger partial charge is 0.487 e. The molecule has 1 aliphatic heterocycles. The van der Waals surface area contributed by atoms with Crippen molar-refractivity contribution in [1.82, 2.24) is 5.32 Å². The fourth-order valence-electron chi connectivity index (χ4n) is 4.39. The van der Waals surface area contributed by atoms with Crippen LogP contribution in [0.1, 0.15) is 60.6 Å². The summed E-state index contributed by atoms with van der Waals surface area (Å²) < 4.78 is 34.3. The number of amides is 1. The molecule has 0 radical (unpaired) electrons. The summed E-state index contributed by atoms with van der Waals surface area (Å²) in [4.78, 5) is 13.4. The molecule has 7 heteroatoms. The van der Waals surface area contributed by atoms with E-state index in [1.54, 1.807) is 43.3 Å². The van der Waals surface area contributed by atoms with Crippen LogP contribution in [0.25, 0.3) is 0 Å². The van der Waals surface area contributed by atoms with Crippen molar-refractivity contribution in [2.75, 3.05) is 4.72 Å². The van der Waals surface area contributed by atoms with Crippen molar-refractivity contribution >= 4 is 21.6 Å². The van der Waals surface area contributed by atoms with Crippen molar-refractivity contribution in [3.05, 3.63) is 89.5 Å². The van der Waals surface area contributed by atoms with Gasteiger partial charge in [0.2, 0.25) is 0 Å². The molecule has 0 aliphatic carbocycles. The first kappa shape index (κ1) is 23.8. The fourth-order valence-corrected chi connectivity index (χ4v) is 5.55. The van der Waals surface area contributed by atoms with Crippen molar-refractivity contribution in [2.24, 2.45) is 0 Å². The average molecular weight is 479 g/mol. The van der Waals surface area contributed by atoms with Gasteiger partial charge in [-0.1, -0.05) is 50.2 Å². The molecule has 2 N–H and O–H groups in total. The molecule has 6 nitrogen and oxygen atoms in total. The van der Waals surface area contributed by atoms with Gasteiger partial charge < -0.3 is 10.1 Å². The van der Waals surface area contributed by atoms with Gasteiger partial charge in [0.1, 0.15) is 11.4 Å². The van der Waals surface area contributed by atoms with Crippen LogP contribution in [-0.2, 0) is 10.0 Å². The molecule has 1 amide bonds. The van der Waals surface area contributed by atoms with E-state index in [0.717, 1.165) is 24.2 Å². The number of para-hydroxylation sites is 1. The number of aryl methyl sites for hydroxylation is 1. The Balaban J connectivity index is 1.54. The van der Waals surface area contributed by atoms with Gasteiger partial charge in [0.05, 0.1) is 16.6 Å². The maximum Gasteiger partial charge on any atom is 0.261 e. The highest BCUT2D eigenvalue weighted by Crippen LogP contribution is 2.42. The third kappa shape index (κ3) is 4.80. The van der Waals surface area contributed by atoms with Gasteiger partial charge >= 0.3 is 0 Å². The summed E-state index contributed by atoms with van der Waals surface area (Å²) >= 11 is 0. The smallest absolute Gasteiger partial charge is 0.261 e. The number of hydrogen-bond acceptors (Lipinski definition) is 4. The molecule has 0 unspecified atom stereocenters. The lowest BCUT2D eigenvalue weighted by molar-refractivity contribution is 0.0227. The second kappa shape index (κ2) is 9.50. The summed E-state index contributed by atoms with van der Waals surface area (Å²) in [5, 5.41) is 3.18. The van der Waals surface area contributed by atoms with E-state index in [9.17, 15) is 13.2 Å². The van der Waals surface area contributed by atoms with Gasteiger partial charge in [0.15, 0.2) is 0 Å². The molecular weight excluding hydrogens is 448 g/mol. The second-order valence-electron chi connectivity index (χ2n) is 8.71. The van der Waals surface area contributed by atoms with Gasteiger partial charge in [-0.3, -0.25) is 9.52 Å². The predicted molar refractivity (Wildman–Crippen MR) is 134 cm³/mol. The molecule has 0 fully saturated rings. The van der Waals surface area contributed by atoms with Crippen LogP contribution in [0, 0.1) is 6.92 Å². The third-order valence-corrected chi connectivity index (χ3v) is 7.96. The van der Waals surface area contributed by atoms with Gasteiger partial charge in [-0.2, -0.15) is 0 Å². The van der Waals surface area contributed by atoms with Crippen LogP contribution in [0.5, 0.6) is 5.75 Å². The van der Waals surface area contributed by atoms with E-state index < -0.39 is 10.0 Å². The average Bonchev–Trinajstić information content (AvgIpc) is 2.85. The van der Waals surface area contributed by atoms with Crippen molar-refractivity contribution in [2.45, 2.75) is 56.6 Å². The maximum atomic E-state index is 13.2. The van der Waals surface area contributed by atoms with E-state index in [2.05, 4.69) is 23.9 Å². The first-order valence-electron chi connectivity index (χ1n) is 11.5. The van der Waals surface area contributed by atoms with Crippen LogP contribution in [-0.4, -0.2) is 19.9 Å². The molecule has 34 heavy (non-hydrogen) atoms. The first-order chi connectivity index (χ1) is 16.3. The topological polar surface area (TPSA) is 84.5 Å². The molecule has 3 aromatic rings. The molecule has 0 spiro atoms. The van der Waals surface area contributed by atoms with Crippen LogP contribution in [0.15, 0.2) is 77.7 Å². The van der Waals surface area contributed by atoms with Crippen LogP contribution in [0.3, 0.4) is 0 Å². The highest BCUT2D eigenvalue weighted by Gasteiger charge is 2.39. The zero-order valence-corrected chi connectivity index (χ0v) is 20.5. The predicted octanol–water partition coefficient (Wildman–Crippen LogP) is 5.61. The normalized spacial score (nSPS) is 16.7. The molecular formula is C27H30N2O4S. The van der Waals surface area contributed by atoms with Crippen molar-refractivity contribution in [3.8, 4) is 5.75 Å². The van der Waals surface area contributed by atoms with E-state index in [1.807, 2.05) is 24.3 Å². The van der Waals surface area contributed by atoms with Crippen LogP contribution >= 0.6 is 0 Å². The minimum Gasteiger partial charge on any atom is -0.487 e. The van der Waals surface area contributed by atoms with Gasteiger partial charge in [-0.15, -0.1) is 0 Å². The second-order valence-corrected chi connectivity index (χ2v) is 10.4. The summed E-state index contributed by atoms with van der Waals surface area (Å²) in [5.41, 5.74) is 2.23. The van der Waals surface area contributed by atoms with E-state index in [0.29, 0.717) is 23.2 Å². The zero-order chi connectivity index (χ0) is 24.3. The Labute approximate surface area is 201 Å². The number of anilines is 1. The van der Waals surface area contributed by atoms with E-state index in [4.69, 9.17) is 4.74 Å². The van der Waals surface area contributed by atoms with Gasteiger partial charge in [0.25, 0.3) is 15.9 Å². The summed E-state index contributed by atoms with van der Waals surface area (Å²) in [6.45, 7) is 5.99. The number of carbonyl (C=O) groups excluding carboxylic acids is 1. The van der Waals surface area contributed by atoms with Crippen molar-refractivity contribution in [3.63, 3.8) is 0 Å². The lowest BCUT2D eigenvalue weighted by atomic mass is 9.83. The number of sulfonamides is 1. The molecule has 1 heterocycles. The van der Waals surface area contributed by atoms with Crippen LogP contribution in [0.4, 0.5) is 5.69 Å². The molecule has 178 valence electrons. The van der Waals surface area contributed by atoms with Crippen LogP contribution in [0.2, 0.25) is 0 Å². The number of ether oxygens (including phenoxy) is 1. The quantitative estimate of drug-likeness (QED) is 0.462. The molecule has 1 atom stereocenters. The number of nitrogens with one attached hydrogen (secondary N) is 2. The van der Waals surface area contributed by atoms with E-state index >= 15 is 0 Å². The van der Waals surface area contributed by atoms with Gasteiger partial charge in [-0.25, -0.2) is 8.42 Å². The van der Waals surface area contributed by atoms with Gasteiger partial charge in [-0.05, 0) is 61.7 Å². The summed E-state index contributed by atoms with van der Waals surface area (Å²) in [6.07, 6.45) is 2.38. The molecule has 0 saturated carbocycles. The number of rotatable bonds is 7. The molecule has 0 saturated heterocycles. The lowest BCUT2D eigenvalue weighted by Gasteiger charge is -2.41. The maximum absolute atomic E-state index is 13.2. The Hall–Kier alpha value is -3.32. The molecule has 4 rings (SSSR count). The minimum atomic E-state index is -3.71. The first-order valence-corrected chi connectivity index (χ1v) is 13.0. The highest BCUT2D eigenvalue weighted by molar-refractivity contribution is 7.92. The Kier molecular flexibility index (Phi) is 6.66. The Morgan fingerprint density at radius 2 is 1.68 bits per heavy atom. The summed E-state index contributed by atoms with van der Waals surface area (Å²) in [7, 11) is -3.71. The SMILES string of the molecule is CCC1(CC)C[C@@H](NC(=O)c2ccc(NS(=O)(=O)c3ccccc3)c(C)c2)c2ccccc2O1. The fraction of sp³-hybridized carbons (Fsp3) is 0.296. The highest BCUT2D eigenvalue weighted by atomic mass is 32.2. The number of hydrogen-bond donors (Lipinski definition) is 2. The Bertz CT molecular complexity index is 1280. The van der Waals surface area contributed by atoms with Gasteiger partial charge in [0, 0.05) is 17.5 Å². The van der Waals surface area contributed by atoms with Crippen molar-refractivity contribution in [1.29, 1.82) is 0 Å². The standard InChI is InChI=1S/C27H30N2O4S/c1-4-27(5-2)18-24(22-13-9-10-14-25(22)33-27)28-26(30)20-15-16-23(19(3)17-20)29-34(31,32)21-11-7-6-8-12-21/h6-17,24,29H,4-5,18H2,1-3H3,(H,28,30)/t24-/m1/s1. The lowest BCUT2D eigenvalue weighted by Crippen LogP contribution is -2.44. The zero-order valence-electron chi connectivity index (χ0n) is 19.7. The summed E-state index contributed by atoms with van der Waals surface area (Å²) in [5.74, 6) is 0.605. The number of carbonyl (C=O) groups is 1. The monoisotopic (exact) mass is 478 g/mol. The van der Waals surface area contributed by atoms with E-state index in [-0.39, 0.29) is 22.4 Å². The Morgan fingerprint density at radius 3 is 2.35 bits per heavy atom. The number of benzene rings is 3.